The minimum absolute atomic E-state index is 0. The molecule has 156 valence electrons. The Hall–Kier alpha value is -0.840. The van der Waals surface area contributed by atoms with E-state index in [-0.39, 0.29) is 30.1 Å². The Bertz CT molecular complexity index is 721. The zero-order chi connectivity index (χ0) is 19.6. The Balaban J connectivity index is 0.00000392. The van der Waals surface area contributed by atoms with Gasteiger partial charge in [0.1, 0.15) is 11.1 Å². The fourth-order valence-electron chi connectivity index (χ4n) is 2.42. The maximum atomic E-state index is 5.34. The summed E-state index contributed by atoms with van der Waals surface area (Å²) in [6, 6.07) is 8.63. The molecule has 28 heavy (non-hydrogen) atoms. The number of aromatic nitrogens is 1. The SMILES string of the molecule is CCNC(=NCCSc1ccc(C)cc1)N(C)Cc1csc(C(C)OC)n1.I. The number of ether oxygens (including phenoxy) is 1. The lowest BCUT2D eigenvalue weighted by Gasteiger charge is -2.21. The molecule has 2 aromatic rings. The summed E-state index contributed by atoms with van der Waals surface area (Å²) in [7, 11) is 3.76. The molecule has 0 bridgehead atoms. The fourth-order valence-corrected chi connectivity index (χ4v) is 4.01. The topological polar surface area (TPSA) is 49.8 Å². The van der Waals surface area contributed by atoms with E-state index in [1.807, 2.05) is 25.7 Å². The van der Waals surface area contributed by atoms with E-state index in [2.05, 4.69) is 58.7 Å². The third kappa shape index (κ3) is 8.26. The first-order valence-electron chi connectivity index (χ1n) is 9.19. The van der Waals surface area contributed by atoms with Gasteiger partial charge in [-0.1, -0.05) is 17.7 Å². The average Bonchev–Trinajstić information content (AvgIpc) is 3.13. The van der Waals surface area contributed by atoms with Crippen LogP contribution in [0.3, 0.4) is 0 Å². The van der Waals surface area contributed by atoms with Gasteiger partial charge in [0.05, 0.1) is 18.8 Å². The quantitative estimate of drug-likeness (QED) is 0.162. The molecule has 1 atom stereocenters. The number of benzene rings is 1. The highest BCUT2D eigenvalue weighted by Gasteiger charge is 2.12. The van der Waals surface area contributed by atoms with Crippen LogP contribution in [0.5, 0.6) is 0 Å². The molecule has 0 amide bonds. The minimum atomic E-state index is 0. The first-order chi connectivity index (χ1) is 13.0. The number of nitrogens with zero attached hydrogens (tertiary/aromatic N) is 3. The van der Waals surface area contributed by atoms with E-state index in [9.17, 15) is 0 Å². The predicted octanol–water partition coefficient (Wildman–Crippen LogP) is 4.97. The molecule has 0 aliphatic heterocycles. The highest BCUT2D eigenvalue weighted by molar-refractivity contribution is 14.0. The average molecular weight is 535 g/mol. The Morgan fingerprint density at radius 3 is 2.71 bits per heavy atom. The van der Waals surface area contributed by atoms with Crippen LogP contribution in [-0.2, 0) is 11.3 Å². The number of thiazole rings is 1. The van der Waals surface area contributed by atoms with E-state index in [1.54, 1.807) is 18.4 Å². The van der Waals surface area contributed by atoms with E-state index in [0.717, 1.165) is 42.0 Å². The summed E-state index contributed by atoms with van der Waals surface area (Å²) < 4.78 is 5.34. The van der Waals surface area contributed by atoms with Gasteiger partial charge in [0.15, 0.2) is 5.96 Å². The number of thioether (sulfide) groups is 1. The molecule has 0 spiro atoms. The van der Waals surface area contributed by atoms with Crippen LogP contribution in [0.25, 0.3) is 0 Å². The predicted molar refractivity (Wildman–Crippen MR) is 132 cm³/mol. The molecule has 1 aromatic heterocycles. The highest BCUT2D eigenvalue weighted by Crippen LogP contribution is 2.21. The standard InChI is InChI=1S/C20H30N4OS2.HI/c1-6-21-20(22-11-12-26-18-9-7-15(2)8-10-18)24(4)13-17-14-27-19(23-17)16(3)25-5;/h7-10,14,16H,6,11-13H2,1-5H3,(H,21,22);1H. The van der Waals surface area contributed by atoms with Gasteiger partial charge in [-0.25, -0.2) is 4.98 Å². The number of aryl methyl sites for hydroxylation is 1. The Labute approximate surface area is 194 Å². The molecule has 5 nitrogen and oxygen atoms in total. The van der Waals surface area contributed by atoms with Gasteiger partial charge >= 0.3 is 0 Å². The van der Waals surface area contributed by atoms with E-state index in [1.165, 1.54) is 10.5 Å². The van der Waals surface area contributed by atoms with Crippen molar-refractivity contribution in [3.63, 3.8) is 0 Å². The summed E-state index contributed by atoms with van der Waals surface area (Å²) in [5.41, 5.74) is 2.33. The number of hydrogen-bond acceptors (Lipinski definition) is 5. The summed E-state index contributed by atoms with van der Waals surface area (Å²) in [5, 5.41) is 6.47. The largest absolute Gasteiger partial charge is 0.375 e. The summed E-state index contributed by atoms with van der Waals surface area (Å²) in [4.78, 5) is 12.8. The van der Waals surface area contributed by atoms with E-state index in [0.29, 0.717) is 0 Å². The number of aliphatic imine (C=N–C) groups is 1. The first-order valence-corrected chi connectivity index (χ1v) is 11.1. The van der Waals surface area contributed by atoms with Gasteiger partial charge in [0.25, 0.3) is 0 Å². The van der Waals surface area contributed by atoms with Gasteiger partial charge in [-0.05, 0) is 32.9 Å². The van der Waals surface area contributed by atoms with Crippen LogP contribution in [0, 0.1) is 6.92 Å². The molecule has 2 rings (SSSR count). The van der Waals surface area contributed by atoms with Gasteiger partial charge < -0.3 is 15.0 Å². The van der Waals surface area contributed by atoms with Crippen LogP contribution >= 0.6 is 47.1 Å². The molecule has 0 aliphatic rings. The van der Waals surface area contributed by atoms with Gasteiger partial charge in [-0.3, -0.25) is 4.99 Å². The van der Waals surface area contributed by atoms with Gasteiger partial charge in [0.2, 0.25) is 0 Å². The molecular formula is C20H31IN4OS2. The smallest absolute Gasteiger partial charge is 0.194 e. The van der Waals surface area contributed by atoms with Crippen molar-refractivity contribution in [2.75, 3.05) is 33.0 Å². The number of rotatable bonds is 9. The number of nitrogens with one attached hydrogen (secondary N) is 1. The van der Waals surface area contributed by atoms with Crippen molar-refractivity contribution in [2.24, 2.45) is 4.99 Å². The number of guanidine groups is 1. The van der Waals surface area contributed by atoms with Crippen LogP contribution in [0.15, 0.2) is 39.5 Å². The molecule has 0 fully saturated rings. The molecule has 8 heteroatoms. The first kappa shape index (κ1) is 25.2. The Morgan fingerprint density at radius 2 is 2.07 bits per heavy atom. The molecule has 0 aliphatic carbocycles. The number of hydrogen-bond donors (Lipinski definition) is 1. The van der Waals surface area contributed by atoms with Crippen molar-refractivity contribution < 1.29 is 4.74 Å². The summed E-state index contributed by atoms with van der Waals surface area (Å²) in [6.45, 7) is 8.56. The van der Waals surface area contributed by atoms with E-state index >= 15 is 0 Å². The third-order valence-electron chi connectivity index (χ3n) is 4.01. The van der Waals surface area contributed by atoms with Crippen molar-refractivity contribution in [2.45, 2.75) is 38.3 Å². The summed E-state index contributed by atoms with van der Waals surface area (Å²) in [5.74, 6) is 1.87. The maximum Gasteiger partial charge on any atom is 0.194 e. The molecule has 1 aromatic carbocycles. The second-order valence-corrected chi connectivity index (χ2v) is 8.37. The Morgan fingerprint density at radius 1 is 1.36 bits per heavy atom. The van der Waals surface area contributed by atoms with E-state index < -0.39 is 0 Å². The van der Waals surface area contributed by atoms with Crippen LogP contribution in [-0.4, -0.2) is 48.8 Å². The monoisotopic (exact) mass is 534 g/mol. The molecule has 0 radical (unpaired) electrons. The van der Waals surface area contributed by atoms with Gasteiger partial charge in [-0.2, -0.15) is 0 Å². The molecule has 1 heterocycles. The van der Waals surface area contributed by atoms with Crippen LogP contribution < -0.4 is 5.32 Å². The van der Waals surface area contributed by atoms with Crippen molar-refractivity contribution in [1.82, 2.24) is 15.2 Å². The van der Waals surface area contributed by atoms with Crippen molar-refractivity contribution in [1.29, 1.82) is 0 Å². The molecular weight excluding hydrogens is 503 g/mol. The van der Waals surface area contributed by atoms with Crippen molar-refractivity contribution in [3.8, 4) is 0 Å². The lowest BCUT2D eigenvalue weighted by molar-refractivity contribution is 0.119. The fraction of sp³-hybridized carbons (Fsp3) is 0.500. The normalized spacial score (nSPS) is 12.4. The molecule has 1 N–H and O–H groups in total. The lowest BCUT2D eigenvalue weighted by atomic mass is 10.2. The highest BCUT2D eigenvalue weighted by atomic mass is 127. The molecule has 0 saturated carbocycles. The summed E-state index contributed by atoms with van der Waals surface area (Å²) >= 11 is 3.48. The number of halogens is 1. The third-order valence-corrected chi connectivity index (χ3v) is 6.06. The lowest BCUT2D eigenvalue weighted by Crippen LogP contribution is -2.38. The number of methoxy groups -OCH3 is 1. The van der Waals surface area contributed by atoms with Gasteiger partial charge in [-0.15, -0.1) is 47.1 Å². The van der Waals surface area contributed by atoms with E-state index in [4.69, 9.17) is 9.73 Å². The van der Waals surface area contributed by atoms with Crippen LogP contribution in [0.1, 0.15) is 36.2 Å². The minimum Gasteiger partial charge on any atom is -0.375 e. The zero-order valence-corrected chi connectivity index (χ0v) is 21.2. The van der Waals surface area contributed by atoms with Crippen molar-refractivity contribution in [3.05, 3.63) is 45.9 Å². The Kier molecular flexibility index (Phi) is 12.1. The second kappa shape index (κ2) is 13.4. The summed E-state index contributed by atoms with van der Waals surface area (Å²) in [6.07, 6.45) is 0.0368. The second-order valence-electron chi connectivity index (χ2n) is 6.31. The van der Waals surface area contributed by atoms with Crippen LogP contribution in [0.4, 0.5) is 0 Å². The van der Waals surface area contributed by atoms with Crippen molar-refractivity contribution >= 4 is 53.0 Å². The van der Waals surface area contributed by atoms with Gasteiger partial charge in [0, 0.05) is 36.7 Å². The molecule has 0 saturated heterocycles. The molecule has 1 unspecified atom stereocenters. The maximum absolute atomic E-state index is 5.34. The van der Waals surface area contributed by atoms with Crippen LogP contribution in [0.2, 0.25) is 0 Å². The zero-order valence-electron chi connectivity index (χ0n) is 17.3.